The highest BCUT2D eigenvalue weighted by Crippen LogP contribution is 2.28. The summed E-state index contributed by atoms with van der Waals surface area (Å²) in [4.78, 5) is 20.3. The molecule has 1 aliphatic heterocycles. The van der Waals surface area contributed by atoms with E-state index in [1.54, 1.807) is 11.3 Å². The number of fused-ring (bicyclic) bond motifs is 1. The number of carbonyl (C=O) groups excluding carboxylic acids is 1. The number of benzene rings is 1. The van der Waals surface area contributed by atoms with Gasteiger partial charge in [-0.3, -0.25) is 4.79 Å². The summed E-state index contributed by atoms with van der Waals surface area (Å²) in [5.74, 6) is 0.777. The Balaban J connectivity index is 1.23. The molecule has 3 N–H and O–H groups in total. The first-order valence-electron chi connectivity index (χ1n) is 11.7. The third kappa shape index (κ3) is 5.69. The summed E-state index contributed by atoms with van der Waals surface area (Å²) < 4.78 is 0.919. The molecule has 2 heterocycles. The van der Waals surface area contributed by atoms with Crippen LogP contribution in [-0.4, -0.2) is 48.5 Å². The van der Waals surface area contributed by atoms with Crippen LogP contribution in [0.3, 0.4) is 0 Å². The zero-order valence-electron chi connectivity index (χ0n) is 18.9. The Bertz CT molecular complexity index is 1070. The largest absolute Gasteiger partial charge is 0.393 e. The van der Waals surface area contributed by atoms with Crippen LogP contribution in [-0.2, 0) is 12.8 Å². The minimum absolute atomic E-state index is 0.0107. The summed E-state index contributed by atoms with van der Waals surface area (Å²) in [6.45, 7) is 7.49. The molecule has 1 aromatic heterocycles. The second-order valence-electron chi connectivity index (χ2n) is 9.05. The molecule has 0 saturated heterocycles. The number of aromatic nitrogens is 1. The van der Waals surface area contributed by atoms with Crippen LogP contribution in [0.4, 0.5) is 0 Å². The predicted molar refractivity (Wildman–Crippen MR) is 136 cm³/mol. The van der Waals surface area contributed by atoms with Crippen molar-refractivity contribution in [3.63, 3.8) is 0 Å². The topological polar surface area (TPSA) is 60.2 Å². The van der Waals surface area contributed by atoms with E-state index in [0.29, 0.717) is 5.56 Å². The van der Waals surface area contributed by atoms with Crippen molar-refractivity contribution in [3.8, 4) is 0 Å². The van der Waals surface area contributed by atoms with E-state index in [-0.39, 0.29) is 11.9 Å². The maximum atomic E-state index is 12.9. The van der Waals surface area contributed by atoms with E-state index in [9.17, 15) is 4.79 Å². The molecule has 1 aliphatic carbocycles. The van der Waals surface area contributed by atoms with Gasteiger partial charge in [-0.15, -0.1) is 11.3 Å². The van der Waals surface area contributed by atoms with E-state index >= 15 is 0 Å². The lowest BCUT2D eigenvalue weighted by atomic mass is 9.84. The van der Waals surface area contributed by atoms with E-state index in [1.807, 2.05) is 31.4 Å². The molecule has 2 aromatic rings. The van der Waals surface area contributed by atoms with Gasteiger partial charge in [0.2, 0.25) is 0 Å². The highest BCUT2D eigenvalue weighted by Gasteiger charge is 2.24. The first kappa shape index (κ1) is 23.2. The lowest BCUT2D eigenvalue weighted by molar-refractivity contribution is 0.0918. The van der Waals surface area contributed by atoms with Gasteiger partial charge in [-0.1, -0.05) is 18.7 Å². The summed E-state index contributed by atoms with van der Waals surface area (Å²) >= 11 is 7.04. The highest BCUT2D eigenvalue weighted by atomic mass is 32.1. The minimum Gasteiger partial charge on any atom is -0.393 e. The maximum Gasteiger partial charge on any atom is 0.252 e. The number of rotatable bonds is 6. The number of thiazole rings is 1. The van der Waals surface area contributed by atoms with Crippen molar-refractivity contribution in [2.45, 2.75) is 51.0 Å². The molecule has 4 rings (SSSR count). The number of hydrogen-bond acceptors (Lipinski definition) is 5. The van der Waals surface area contributed by atoms with E-state index in [0.717, 1.165) is 59.1 Å². The third-order valence-corrected chi connectivity index (χ3v) is 8.24. The summed E-state index contributed by atoms with van der Waals surface area (Å²) in [5.41, 5.74) is 2.06. The SMILES string of the molecule is C=c1cccc(C(=O)NC2CCC(CCN3CCc4[nH]c(=S)sc4CC3)CC2)/c1=C/NC. The quantitative estimate of drug-likeness (QED) is 0.568. The van der Waals surface area contributed by atoms with Crippen molar-refractivity contribution < 1.29 is 4.79 Å². The second-order valence-corrected chi connectivity index (χ2v) is 10.8. The molecule has 2 aliphatic rings. The fourth-order valence-corrected chi connectivity index (χ4v) is 6.30. The summed E-state index contributed by atoms with van der Waals surface area (Å²) in [6.07, 6.45) is 9.85. The number of carbonyl (C=O) groups is 1. The van der Waals surface area contributed by atoms with Crippen molar-refractivity contribution in [2.75, 3.05) is 26.7 Å². The molecule has 0 atom stereocenters. The van der Waals surface area contributed by atoms with E-state index < -0.39 is 0 Å². The zero-order chi connectivity index (χ0) is 22.5. The molecule has 0 unspecified atom stereocenters. The molecule has 1 fully saturated rings. The molecule has 172 valence electrons. The Morgan fingerprint density at radius 2 is 2.06 bits per heavy atom. The van der Waals surface area contributed by atoms with Gasteiger partial charge in [-0.25, -0.2) is 0 Å². The molecule has 5 nitrogen and oxygen atoms in total. The van der Waals surface area contributed by atoms with Crippen LogP contribution >= 0.6 is 23.6 Å². The summed E-state index contributed by atoms with van der Waals surface area (Å²) in [5, 5.41) is 8.03. The number of hydrogen-bond donors (Lipinski definition) is 3. The van der Waals surface area contributed by atoms with Gasteiger partial charge < -0.3 is 20.5 Å². The molecule has 0 bridgehead atoms. The number of H-pyrrole nitrogens is 1. The van der Waals surface area contributed by atoms with Crippen molar-refractivity contribution in [3.05, 3.63) is 48.7 Å². The molecule has 7 heteroatoms. The van der Waals surface area contributed by atoms with Crippen LogP contribution in [0.1, 0.15) is 53.0 Å². The molecule has 1 amide bonds. The van der Waals surface area contributed by atoms with Crippen LogP contribution in [0.2, 0.25) is 0 Å². The Morgan fingerprint density at radius 1 is 1.28 bits per heavy atom. The van der Waals surface area contributed by atoms with Gasteiger partial charge in [0.15, 0.2) is 3.95 Å². The van der Waals surface area contributed by atoms with Crippen molar-refractivity contribution >= 4 is 42.2 Å². The molecule has 0 radical (unpaired) electrons. The van der Waals surface area contributed by atoms with Crippen LogP contribution in [0.25, 0.3) is 12.8 Å². The van der Waals surface area contributed by atoms with Gasteiger partial charge >= 0.3 is 0 Å². The van der Waals surface area contributed by atoms with Crippen molar-refractivity contribution in [2.24, 2.45) is 5.92 Å². The number of nitrogens with one attached hydrogen (secondary N) is 3. The van der Waals surface area contributed by atoms with Gasteiger partial charge in [0.05, 0.1) is 0 Å². The Morgan fingerprint density at radius 3 is 2.84 bits per heavy atom. The third-order valence-electron chi connectivity index (χ3n) is 6.90. The lowest BCUT2D eigenvalue weighted by Gasteiger charge is -2.30. The molecule has 32 heavy (non-hydrogen) atoms. The van der Waals surface area contributed by atoms with E-state index in [2.05, 4.69) is 27.1 Å². The number of aromatic amines is 1. The summed E-state index contributed by atoms with van der Waals surface area (Å²) in [6, 6.07) is 5.99. The van der Waals surface area contributed by atoms with Crippen molar-refractivity contribution in [1.82, 2.24) is 20.5 Å². The average molecular weight is 471 g/mol. The molecule has 0 spiro atoms. The zero-order valence-corrected chi connectivity index (χ0v) is 20.5. The average Bonchev–Trinajstić information content (AvgIpc) is 3.04. The van der Waals surface area contributed by atoms with Gasteiger partial charge in [-0.2, -0.15) is 0 Å². The van der Waals surface area contributed by atoms with E-state index in [4.69, 9.17) is 12.2 Å². The molecule has 1 aromatic carbocycles. The van der Waals surface area contributed by atoms with Gasteiger partial charge in [0, 0.05) is 60.2 Å². The fraction of sp³-hybridized carbons (Fsp3) is 0.520. The van der Waals surface area contributed by atoms with Crippen molar-refractivity contribution in [1.29, 1.82) is 0 Å². The summed E-state index contributed by atoms with van der Waals surface area (Å²) in [7, 11) is 1.84. The fourth-order valence-electron chi connectivity index (χ4n) is 5.01. The van der Waals surface area contributed by atoms with E-state index in [1.165, 1.54) is 36.4 Å². The second kappa shape index (κ2) is 10.8. The first-order chi connectivity index (χ1) is 15.5. The van der Waals surface area contributed by atoms with Gasteiger partial charge in [-0.05, 0) is 74.5 Å². The Labute approximate surface area is 199 Å². The predicted octanol–water partition coefficient (Wildman–Crippen LogP) is 2.95. The first-order valence-corrected chi connectivity index (χ1v) is 13.0. The number of nitrogens with zero attached hydrogens (tertiary/aromatic N) is 1. The standard InChI is InChI=1S/C25H34N4OS2/c1-17-4-3-5-20(21(17)16-26-2)24(30)27-19-8-6-18(7-9-19)10-13-29-14-11-22-23(12-15-29)32-25(31)28-22/h3-5,16,18-19,26H,1,6-15H2,2H3,(H,27,30)(H,28,31)/b21-16+. The van der Waals surface area contributed by atoms with Crippen LogP contribution in [0.15, 0.2) is 18.2 Å². The van der Waals surface area contributed by atoms with Gasteiger partial charge in [0.25, 0.3) is 5.91 Å². The normalized spacial score (nSPS) is 22.2. The Hall–Kier alpha value is -1.96. The van der Waals surface area contributed by atoms with Crippen LogP contribution < -0.4 is 21.1 Å². The molecule has 1 saturated carbocycles. The Kier molecular flexibility index (Phi) is 7.81. The molecular formula is C25H34N4OS2. The lowest BCUT2D eigenvalue weighted by Crippen LogP contribution is -2.42. The monoisotopic (exact) mass is 470 g/mol. The van der Waals surface area contributed by atoms with Crippen LogP contribution in [0, 0.1) is 9.87 Å². The van der Waals surface area contributed by atoms with Crippen LogP contribution in [0.5, 0.6) is 0 Å². The van der Waals surface area contributed by atoms with Gasteiger partial charge in [0.1, 0.15) is 0 Å². The maximum absolute atomic E-state index is 12.9. The molecular weight excluding hydrogens is 436 g/mol. The highest BCUT2D eigenvalue weighted by molar-refractivity contribution is 7.73. The number of amides is 1. The smallest absolute Gasteiger partial charge is 0.252 e. The minimum atomic E-state index is 0.0107.